The van der Waals surface area contributed by atoms with Gasteiger partial charge in [-0.1, -0.05) is 0 Å². The Morgan fingerprint density at radius 3 is 2.69 bits per heavy atom. The normalized spacial score (nSPS) is 10.4. The highest BCUT2D eigenvalue weighted by Gasteiger charge is 2.21. The summed E-state index contributed by atoms with van der Waals surface area (Å²) in [4.78, 5) is 23.1. The third-order valence-corrected chi connectivity index (χ3v) is 1.73. The molecule has 0 unspecified atom stereocenters. The van der Waals surface area contributed by atoms with E-state index in [1.165, 1.54) is 0 Å². The first-order chi connectivity index (χ1) is 7.41. The van der Waals surface area contributed by atoms with Gasteiger partial charge in [0.2, 0.25) is 0 Å². The van der Waals surface area contributed by atoms with E-state index < -0.39 is 35.1 Å². The lowest BCUT2D eigenvalue weighted by Crippen LogP contribution is -2.06. The maximum Gasteiger partial charge on any atom is 0.367 e. The number of alkyl halides is 2. The number of carboxylic acid groups (broad SMARTS) is 1. The van der Waals surface area contributed by atoms with Gasteiger partial charge >= 0.3 is 11.8 Å². The highest BCUT2D eigenvalue weighted by Crippen LogP contribution is 2.23. The summed E-state index contributed by atoms with van der Waals surface area (Å²) in [7, 11) is 0. The topological polar surface area (TPSA) is 93.3 Å². The minimum Gasteiger partial charge on any atom is -0.481 e. The van der Waals surface area contributed by atoms with Crippen molar-refractivity contribution in [2.45, 2.75) is 12.8 Å². The molecule has 0 fully saturated rings. The molecule has 16 heavy (non-hydrogen) atoms. The van der Waals surface area contributed by atoms with E-state index in [9.17, 15) is 23.7 Å². The van der Waals surface area contributed by atoms with E-state index in [0.29, 0.717) is 6.20 Å². The van der Waals surface area contributed by atoms with E-state index in [1.807, 2.05) is 0 Å². The van der Waals surface area contributed by atoms with E-state index in [1.54, 1.807) is 0 Å². The van der Waals surface area contributed by atoms with Gasteiger partial charge in [-0.25, -0.2) is 8.78 Å². The molecule has 1 aromatic heterocycles. The van der Waals surface area contributed by atoms with E-state index in [0.717, 1.165) is 6.07 Å². The Hall–Kier alpha value is -2.12. The number of aromatic nitrogens is 1. The Kier molecular flexibility index (Phi) is 3.44. The Bertz CT molecular complexity index is 436. The first-order valence-corrected chi connectivity index (χ1v) is 4.05. The van der Waals surface area contributed by atoms with E-state index in [2.05, 4.69) is 4.98 Å². The van der Waals surface area contributed by atoms with Crippen molar-refractivity contribution < 1.29 is 23.6 Å². The van der Waals surface area contributed by atoms with Crippen LogP contribution >= 0.6 is 0 Å². The summed E-state index contributed by atoms with van der Waals surface area (Å²) in [5.41, 5.74) is -0.878. The predicted octanol–water partition coefficient (Wildman–Crippen LogP) is 1.55. The maximum absolute atomic E-state index is 12.3. The molecule has 0 aliphatic carbocycles. The number of halogens is 2. The lowest BCUT2D eigenvalue weighted by atomic mass is 10.1. The minimum atomic E-state index is -2.85. The molecule has 1 heterocycles. The van der Waals surface area contributed by atoms with Gasteiger partial charge in [0, 0.05) is 0 Å². The van der Waals surface area contributed by atoms with Crippen molar-refractivity contribution in [1.29, 1.82) is 0 Å². The van der Waals surface area contributed by atoms with Crippen LogP contribution in [-0.2, 0) is 11.2 Å². The molecule has 1 N–H and O–H groups in total. The van der Waals surface area contributed by atoms with Gasteiger partial charge in [-0.2, -0.15) is 0 Å². The zero-order valence-corrected chi connectivity index (χ0v) is 7.76. The van der Waals surface area contributed by atoms with E-state index in [4.69, 9.17) is 5.11 Å². The zero-order chi connectivity index (χ0) is 12.3. The van der Waals surface area contributed by atoms with E-state index in [-0.39, 0.29) is 5.56 Å². The Balaban J connectivity index is 3.20. The largest absolute Gasteiger partial charge is 0.481 e. The lowest BCUT2D eigenvalue weighted by Gasteiger charge is -2.02. The average molecular weight is 232 g/mol. The van der Waals surface area contributed by atoms with Gasteiger partial charge in [0.15, 0.2) is 0 Å². The second kappa shape index (κ2) is 4.60. The standard InChI is InChI=1S/C8H6F2N2O4/c9-7(10)5-1-4(2-6(13)14)8(11-3-5)12(15)16/h1,3,7H,2H2,(H,13,14). The Labute approximate surface area is 87.7 Å². The highest BCUT2D eigenvalue weighted by molar-refractivity contribution is 5.71. The third-order valence-electron chi connectivity index (χ3n) is 1.73. The van der Waals surface area contributed by atoms with Crippen LogP contribution in [0.2, 0.25) is 0 Å². The summed E-state index contributed by atoms with van der Waals surface area (Å²) in [5.74, 6) is -2.07. The van der Waals surface area contributed by atoms with Crippen LogP contribution in [0.25, 0.3) is 0 Å². The van der Waals surface area contributed by atoms with E-state index >= 15 is 0 Å². The summed E-state index contributed by atoms with van der Waals surface area (Å²) in [6.45, 7) is 0. The molecule has 0 aromatic carbocycles. The molecule has 1 aromatic rings. The van der Waals surface area contributed by atoms with Crippen molar-refractivity contribution in [3.8, 4) is 0 Å². The van der Waals surface area contributed by atoms with Crippen LogP contribution in [0, 0.1) is 10.1 Å². The van der Waals surface area contributed by atoms with Crippen molar-refractivity contribution in [3.05, 3.63) is 33.5 Å². The SMILES string of the molecule is O=C(O)Cc1cc(C(F)F)cnc1[N+](=O)[O-]. The quantitative estimate of drug-likeness (QED) is 0.627. The van der Waals surface area contributed by atoms with Gasteiger partial charge < -0.3 is 15.2 Å². The molecule has 0 atom stereocenters. The highest BCUT2D eigenvalue weighted by atomic mass is 19.3. The summed E-state index contributed by atoms with van der Waals surface area (Å²) in [6.07, 6.45) is -2.90. The fourth-order valence-electron chi connectivity index (χ4n) is 1.10. The van der Waals surface area contributed by atoms with Gasteiger partial charge in [-0.3, -0.25) is 4.79 Å². The number of hydrogen-bond acceptors (Lipinski definition) is 4. The number of carbonyl (C=O) groups is 1. The second-order valence-electron chi connectivity index (χ2n) is 2.88. The molecule has 0 radical (unpaired) electrons. The molecule has 8 heteroatoms. The van der Waals surface area contributed by atoms with Crippen molar-refractivity contribution >= 4 is 11.8 Å². The monoisotopic (exact) mass is 232 g/mol. The second-order valence-corrected chi connectivity index (χ2v) is 2.88. The number of carboxylic acids is 1. The summed E-state index contributed by atoms with van der Waals surface area (Å²) < 4.78 is 24.5. The van der Waals surface area contributed by atoms with Crippen molar-refractivity contribution in [1.82, 2.24) is 4.98 Å². The Morgan fingerprint density at radius 2 is 2.25 bits per heavy atom. The molecule has 0 bridgehead atoms. The van der Waals surface area contributed by atoms with Crippen molar-refractivity contribution in [2.24, 2.45) is 0 Å². The third kappa shape index (κ3) is 2.69. The van der Waals surface area contributed by atoms with Crippen molar-refractivity contribution in [3.63, 3.8) is 0 Å². The number of pyridine rings is 1. The number of rotatable bonds is 4. The van der Waals surface area contributed by atoms with Crippen LogP contribution in [0.3, 0.4) is 0 Å². The minimum absolute atomic E-state index is 0.338. The lowest BCUT2D eigenvalue weighted by molar-refractivity contribution is -0.390. The van der Waals surface area contributed by atoms with Crippen LogP contribution in [0.4, 0.5) is 14.6 Å². The molecule has 0 aliphatic heterocycles. The summed E-state index contributed by atoms with van der Waals surface area (Å²) >= 11 is 0. The van der Waals surface area contributed by atoms with Crippen molar-refractivity contribution in [2.75, 3.05) is 0 Å². The van der Waals surface area contributed by atoms with Gasteiger partial charge in [-0.15, -0.1) is 0 Å². The van der Waals surface area contributed by atoms with Crippen LogP contribution in [0.5, 0.6) is 0 Å². The van der Waals surface area contributed by atoms with Crippen LogP contribution in [0.1, 0.15) is 17.6 Å². The molecule has 0 saturated carbocycles. The number of aliphatic carboxylic acids is 1. The first-order valence-electron chi connectivity index (χ1n) is 4.05. The van der Waals surface area contributed by atoms with Crippen LogP contribution < -0.4 is 0 Å². The first kappa shape index (κ1) is 12.0. The smallest absolute Gasteiger partial charge is 0.367 e. The zero-order valence-electron chi connectivity index (χ0n) is 7.76. The molecule has 0 aliphatic rings. The van der Waals surface area contributed by atoms with Gasteiger partial charge in [0.25, 0.3) is 6.43 Å². The molecule has 1 rings (SSSR count). The summed E-state index contributed by atoms with van der Waals surface area (Å²) in [6, 6.07) is 0.782. The molecule has 6 nitrogen and oxygen atoms in total. The van der Waals surface area contributed by atoms with Crippen LogP contribution in [0.15, 0.2) is 12.3 Å². The molecule has 0 spiro atoms. The van der Waals surface area contributed by atoms with Gasteiger partial charge in [-0.05, 0) is 16.0 Å². The van der Waals surface area contributed by atoms with Gasteiger partial charge in [0.1, 0.15) is 6.20 Å². The summed E-state index contributed by atoms with van der Waals surface area (Å²) in [5, 5.41) is 18.9. The fourth-order valence-corrected chi connectivity index (χ4v) is 1.10. The molecular formula is C8H6F2N2O4. The predicted molar refractivity (Wildman–Crippen MR) is 47.2 cm³/mol. The molecular weight excluding hydrogens is 226 g/mol. The average Bonchev–Trinajstić information content (AvgIpc) is 2.15. The number of nitro groups is 1. The molecule has 86 valence electrons. The molecule has 0 saturated heterocycles. The number of hydrogen-bond donors (Lipinski definition) is 1. The number of nitrogens with zero attached hydrogens (tertiary/aromatic N) is 2. The van der Waals surface area contributed by atoms with Crippen LogP contribution in [-0.4, -0.2) is 21.0 Å². The maximum atomic E-state index is 12.3. The molecule has 0 amide bonds. The Morgan fingerprint density at radius 1 is 1.62 bits per heavy atom. The van der Waals surface area contributed by atoms with Gasteiger partial charge in [0.05, 0.1) is 17.5 Å². The fraction of sp³-hybridized carbons (Fsp3) is 0.250.